The molecule has 1 N–H and O–H groups in total. The van der Waals surface area contributed by atoms with Crippen molar-refractivity contribution in [3.63, 3.8) is 0 Å². The van der Waals surface area contributed by atoms with Crippen LogP contribution >= 0.6 is 7.94 Å². The molecule has 2 aromatic rings. The zero-order valence-electron chi connectivity index (χ0n) is 15.5. The van der Waals surface area contributed by atoms with Crippen LogP contribution in [0.2, 0.25) is 0 Å². The maximum Gasteiger partial charge on any atom is 0.301 e. The molecule has 28 heavy (non-hydrogen) atoms. The Hall–Kier alpha value is -1.54. The Bertz CT molecular complexity index is 878. The Balaban J connectivity index is 2.00. The molecule has 154 valence electrons. The van der Waals surface area contributed by atoms with Crippen molar-refractivity contribution in [2.75, 3.05) is 0 Å². The maximum atomic E-state index is 11.1. The Labute approximate surface area is 166 Å². The smallest absolute Gasteiger partial charge is 0.301 e. The summed E-state index contributed by atoms with van der Waals surface area (Å²) in [5.74, 6) is 1.30. The summed E-state index contributed by atoms with van der Waals surface area (Å²) in [6.45, 7) is 2.10. The molecule has 0 radical (unpaired) electrons. The molecule has 0 fully saturated rings. The van der Waals surface area contributed by atoms with Crippen LogP contribution in [0.4, 0.5) is 0 Å². The van der Waals surface area contributed by atoms with Gasteiger partial charge in [0.05, 0.1) is 0 Å². The molecule has 0 aliphatic carbocycles. The highest BCUT2D eigenvalue weighted by Crippen LogP contribution is 2.41. The van der Waals surface area contributed by atoms with Crippen LogP contribution in [0.1, 0.15) is 37.3 Å². The van der Waals surface area contributed by atoms with Gasteiger partial charge in [-0.15, -0.1) is 7.94 Å². The molecular formula is C19H23O7PS-2. The maximum absolute atomic E-state index is 11.1. The third kappa shape index (κ3) is 7.13. The minimum absolute atomic E-state index is 0.106. The summed E-state index contributed by atoms with van der Waals surface area (Å²) >= 11 is 0. The molecule has 0 saturated heterocycles. The van der Waals surface area contributed by atoms with Gasteiger partial charge in [-0.2, -0.15) is 8.42 Å². The van der Waals surface area contributed by atoms with Crippen LogP contribution in [0.15, 0.2) is 48.5 Å². The lowest BCUT2D eigenvalue weighted by atomic mass is 10.1. The molecule has 1 atom stereocenters. The summed E-state index contributed by atoms with van der Waals surface area (Å²) in [6.07, 6.45) is 1.96. The standard InChI is InChI=1S/C19H25O7PS/c1-2-6-15-7-3-10-17(13-15)26-18-11-4-8-16(14-18)9-5-12-19(27(20,21)22)28(23,24)25/h3-4,7-8,10-11,13-14,19H,2,5-6,9,12H2,1H3,(H2,20,21,22)(H,23,24,25)/p-2. The minimum Gasteiger partial charge on any atom is -0.687 e. The second-order valence-electron chi connectivity index (χ2n) is 6.55. The van der Waals surface area contributed by atoms with E-state index in [1.165, 1.54) is 5.56 Å². The van der Waals surface area contributed by atoms with Crippen molar-refractivity contribution in [3.8, 4) is 11.5 Å². The molecule has 0 aromatic heterocycles. The summed E-state index contributed by atoms with van der Waals surface area (Å²) in [7, 11) is -10.4. The molecule has 1 unspecified atom stereocenters. The highest BCUT2D eigenvalue weighted by atomic mass is 32.2. The molecule has 0 heterocycles. The molecule has 2 rings (SSSR count). The number of rotatable bonds is 10. The molecule has 0 amide bonds. The third-order valence-corrected chi connectivity index (χ3v) is 7.65. The Kier molecular flexibility index (Phi) is 7.95. The summed E-state index contributed by atoms with van der Waals surface area (Å²) in [6, 6.07) is 14.9. The van der Waals surface area contributed by atoms with Crippen molar-refractivity contribution < 1.29 is 32.4 Å². The van der Waals surface area contributed by atoms with E-state index in [4.69, 9.17) is 9.29 Å². The molecule has 2 aromatic carbocycles. The van der Waals surface area contributed by atoms with E-state index in [0.29, 0.717) is 17.9 Å². The molecule has 0 spiro atoms. The van der Waals surface area contributed by atoms with E-state index in [9.17, 15) is 23.1 Å². The van der Waals surface area contributed by atoms with Gasteiger partial charge < -0.3 is 19.4 Å². The predicted octanol–water partition coefficient (Wildman–Crippen LogP) is 1.81. The zero-order valence-corrected chi connectivity index (χ0v) is 17.2. The van der Waals surface area contributed by atoms with Gasteiger partial charge in [-0.25, -0.2) is 0 Å². The van der Waals surface area contributed by atoms with E-state index in [2.05, 4.69) is 6.92 Å². The summed E-state index contributed by atoms with van der Waals surface area (Å²) < 4.78 is 37.1. The van der Waals surface area contributed by atoms with Gasteiger partial charge in [0, 0.05) is 6.42 Å². The van der Waals surface area contributed by atoms with E-state index in [-0.39, 0.29) is 6.42 Å². The predicted molar refractivity (Wildman–Crippen MR) is 102 cm³/mol. The Morgan fingerprint density at radius 3 is 2.00 bits per heavy atom. The quantitative estimate of drug-likeness (QED) is 0.452. The Morgan fingerprint density at radius 2 is 1.54 bits per heavy atom. The Morgan fingerprint density at radius 1 is 1.00 bits per heavy atom. The normalized spacial score (nSPS) is 13.3. The van der Waals surface area contributed by atoms with E-state index in [1.807, 2.05) is 24.3 Å². The molecule has 0 bridgehead atoms. The van der Waals surface area contributed by atoms with Crippen molar-refractivity contribution in [1.82, 2.24) is 0 Å². The highest BCUT2D eigenvalue weighted by molar-refractivity contribution is 7.94. The average Bonchev–Trinajstić information content (AvgIpc) is 2.57. The van der Waals surface area contributed by atoms with Gasteiger partial charge in [-0.05, 0) is 54.7 Å². The van der Waals surface area contributed by atoms with Gasteiger partial charge >= 0.3 is 10.1 Å². The van der Waals surface area contributed by atoms with Gasteiger partial charge in [0.2, 0.25) is 0 Å². The van der Waals surface area contributed by atoms with Crippen LogP contribution in [0.5, 0.6) is 11.5 Å². The first-order valence-corrected chi connectivity index (χ1v) is 12.0. The monoisotopic (exact) mass is 426 g/mol. The molecule has 0 saturated carbocycles. The molecular weight excluding hydrogens is 403 g/mol. The van der Waals surface area contributed by atoms with Crippen molar-refractivity contribution in [3.05, 3.63) is 59.7 Å². The largest absolute Gasteiger partial charge is 0.687 e. The minimum atomic E-state index is -5.45. The lowest BCUT2D eigenvalue weighted by molar-refractivity contribution is -0.428. The van der Waals surface area contributed by atoms with Crippen LogP contribution < -0.4 is 19.4 Å². The first-order valence-electron chi connectivity index (χ1n) is 8.93. The van der Waals surface area contributed by atoms with Gasteiger partial charge in [-0.1, -0.05) is 37.6 Å². The number of hydrogen-bond donors (Lipinski definition) is 1. The summed E-state index contributed by atoms with van der Waals surface area (Å²) in [5, 5.41) is 0. The van der Waals surface area contributed by atoms with Crippen molar-refractivity contribution in [2.24, 2.45) is 0 Å². The van der Waals surface area contributed by atoms with E-state index in [0.717, 1.165) is 18.4 Å². The fourth-order valence-corrected chi connectivity index (χ4v) is 5.17. The molecule has 7 nitrogen and oxygen atoms in total. The molecule has 0 aliphatic rings. The first-order chi connectivity index (χ1) is 13.1. The van der Waals surface area contributed by atoms with Gasteiger partial charge in [0.15, 0.2) is 4.99 Å². The van der Waals surface area contributed by atoms with E-state index >= 15 is 0 Å². The van der Waals surface area contributed by atoms with Gasteiger partial charge in [-0.3, -0.25) is 4.55 Å². The topological polar surface area (TPSA) is 133 Å². The number of aryl methyl sites for hydroxylation is 2. The number of benzene rings is 2. The molecule has 0 aliphatic heterocycles. The zero-order chi connectivity index (χ0) is 20.8. The van der Waals surface area contributed by atoms with Crippen LogP contribution in [-0.2, 0) is 23.0 Å². The number of ether oxygens (including phenoxy) is 1. The van der Waals surface area contributed by atoms with Crippen molar-refractivity contribution in [1.29, 1.82) is 0 Å². The summed E-state index contributed by atoms with van der Waals surface area (Å²) in [5.41, 5.74) is 1.97. The molecule has 9 heteroatoms. The second kappa shape index (κ2) is 9.78. The van der Waals surface area contributed by atoms with E-state index in [1.54, 1.807) is 24.3 Å². The second-order valence-corrected chi connectivity index (χ2v) is 10.2. The first kappa shape index (κ1) is 22.7. The third-order valence-electron chi connectivity index (χ3n) is 4.18. The lowest BCUT2D eigenvalue weighted by Crippen LogP contribution is -2.44. The fourth-order valence-electron chi connectivity index (χ4n) is 2.90. The van der Waals surface area contributed by atoms with Gasteiger partial charge in [0.25, 0.3) is 0 Å². The summed E-state index contributed by atoms with van der Waals surface area (Å²) in [4.78, 5) is 30.9. The van der Waals surface area contributed by atoms with E-state index < -0.39 is 29.5 Å². The van der Waals surface area contributed by atoms with Crippen LogP contribution in [0.25, 0.3) is 0 Å². The SMILES string of the molecule is CCCc1cccc(Oc2cccc(CCCC([P+]([O-])([O-])[O-])S(=O)(=O)O)c2)c1. The fraction of sp³-hybridized carbons (Fsp3) is 0.368. The number of hydrogen-bond acceptors (Lipinski definition) is 6. The highest BCUT2D eigenvalue weighted by Gasteiger charge is 2.30. The van der Waals surface area contributed by atoms with Gasteiger partial charge in [0.1, 0.15) is 11.5 Å². The lowest BCUT2D eigenvalue weighted by Gasteiger charge is -2.46. The van der Waals surface area contributed by atoms with Crippen LogP contribution in [0, 0.1) is 0 Å². The van der Waals surface area contributed by atoms with Crippen molar-refractivity contribution in [2.45, 2.75) is 44.0 Å². The van der Waals surface area contributed by atoms with Crippen LogP contribution in [-0.4, -0.2) is 18.0 Å². The van der Waals surface area contributed by atoms with Crippen LogP contribution in [0.3, 0.4) is 0 Å². The van der Waals surface area contributed by atoms with Crippen molar-refractivity contribution >= 4 is 18.1 Å². The average molecular weight is 426 g/mol.